The van der Waals surface area contributed by atoms with Gasteiger partial charge >= 0.3 is 0 Å². The largest absolute Gasteiger partial charge is 0.399 e. The third-order valence-electron chi connectivity index (χ3n) is 3.64. The van der Waals surface area contributed by atoms with Gasteiger partial charge in [0.1, 0.15) is 5.69 Å². The lowest BCUT2D eigenvalue weighted by molar-refractivity contribution is 0.0733. The normalized spacial score (nSPS) is 18.7. The Morgan fingerprint density at radius 3 is 2.39 bits per heavy atom. The summed E-state index contributed by atoms with van der Waals surface area (Å²) in [6.07, 6.45) is 6.66. The standard InChI is InChI=1S/C14H19N3O/c15-12-5-6-16-13(7-12)14(18)17(8-10-1-2-10)9-11-3-4-11/h5-7,10-11H,1-4,8-9H2,(H2,15,16). The monoisotopic (exact) mass is 245 g/mol. The van der Waals surface area contributed by atoms with Gasteiger partial charge in [0.05, 0.1) is 0 Å². The maximum atomic E-state index is 12.4. The van der Waals surface area contributed by atoms with Crippen LogP contribution in [0.4, 0.5) is 5.69 Å². The Labute approximate surface area is 107 Å². The molecular formula is C14H19N3O. The van der Waals surface area contributed by atoms with E-state index in [4.69, 9.17) is 5.73 Å². The number of anilines is 1. The highest BCUT2D eigenvalue weighted by molar-refractivity contribution is 5.93. The molecule has 96 valence electrons. The van der Waals surface area contributed by atoms with E-state index in [1.807, 2.05) is 4.90 Å². The van der Waals surface area contributed by atoms with Crippen molar-refractivity contribution in [2.45, 2.75) is 25.7 Å². The van der Waals surface area contributed by atoms with Gasteiger partial charge in [-0.2, -0.15) is 0 Å². The minimum absolute atomic E-state index is 0.0427. The number of carbonyl (C=O) groups excluding carboxylic acids is 1. The fourth-order valence-electron chi connectivity index (χ4n) is 2.19. The molecule has 0 radical (unpaired) electrons. The Morgan fingerprint density at radius 2 is 1.89 bits per heavy atom. The van der Waals surface area contributed by atoms with Crippen molar-refractivity contribution >= 4 is 11.6 Å². The van der Waals surface area contributed by atoms with Gasteiger partial charge in [0.15, 0.2) is 0 Å². The van der Waals surface area contributed by atoms with Crippen molar-refractivity contribution in [3.05, 3.63) is 24.0 Å². The van der Waals surface area contributed by atoms with Crippen LogP contribution in [0.5, 0.6) is 0 Å². The first-order valence-corrected chi connectivity index (χ1v) is 6.73. The van der Waals surface area contributed by atoms with Crippen molar-refractivity contribution in [2.24, 2.45) is 11.8 Å². The molecule has 1 amide bonds. The number of hydrogen-bond acceptors (Lipinski definition) is 3. The zero-order chi connectivity index (χ0) is 12.5. The number of hydrogen-bond donors (Lipinski definition) is 1. The molecule has 0 saturated heterocycles. The van der Waals surface area contributed by atoms with Crippen LogP contribution in [-0.4, -0.2) is 28.9 Å². The topological polar surface area (TPSA) is 59.2 Å². The first kappa shape index (κ1) is 11.5. The van der Waals surface area contributed by atoms with Gasteiger partial charge in [0.25, 0.3) is 5.91 Å². The maximum Gasteiger partial charge on any atom is 0.272 e. The van der Waals surface area contributed by atoms with Crippen LogP contribution in [0.3, 0.4) is 0 Å². The van der Waals surface area contributed by atoms with Gasteiger partial charge in [-0.1, -0.05) is 0 Å². The van der Waals surface area contributed by atoms with Gasteiger partial charge in [0.2, 0.25) is 0 Å². The van der Waals surface area contributed by atoms with Gasteiger partial charge < -0.3 is 10.6 Å². The molecule has 0 spiro atoms. The van der Waals surface area contributed by atoms with E-state index in [2.05, 4.69) is 4.98 Å². The molecular weight excluding hydrogens is 226 g/mol. The maximum absolute atomic E-state index is 12.4. The van der Waals surface area contributed by atoms with Crippen molar-refractivity contribution in [2.75, 3.05) is 18.8 Å². The molecule has 2 saturated carbocycles. The lowest BCUT2D eigenvalue weighted by atomic mass is 10.2. The molecule has 1 aromatic heterocycles. The molecule has 0 aliphatic heterocycles. The zero-order valence-electron chi connectivity index (χ0n) is 10.5. The lowest BCUT2D eigenvalue weighted by Crippen LogP contribution is -2.35. The molecule has 2 aliphatic carbocycles. The summed E-state index contributed by atoms with van der Waals surface area (Å²) >= 11 is 0. The quantitative estimate of drug-likeness (QED) is 0.862. The first-order chi connectivity index (χ1) is 8.72. The number of amides is 1. The number of aromatic nitrogens is 1. The summed E-state index contributed by atoms with van der Waals surface area (Å²) in [5.74, 6) is 1.48. The molecule has 3 rings (SSSR count). The molecule has 0 unspecified atom stereocenters. The summed E-state index contributed by atoms with van der Waals surface area (Å²) < 4.78 is 0. The second-order valence-electron chi connectivity index (χ2n) is 5.57. The van der Waals surface area contributed by atoms with Crippen LogP contribution in [0.2, 0.25) is 0 Å². The molecule has 0 aromatic carbocycles. The van der Waals surface area contributed by atoms with E-state index in [0.717, 1.165) is 13.1 Å². The van der Waals surface area contributed by atoms with Crippen molar-refractivity contribution in [3.63, 3.8) is 0 Å². The highest BCUT2D eigenvalue weighted by Gasteiger charge is 2.32. The number of carbonyl (C=O) groups is 1. The van der Waals surface area contributed by atoms with E-state index in [1.54, 1.807) is 18.3 Å². The molecule has 4 heteroatoms. The third kappa shape index (κ3) is 2.81. The molecule has 1 aromatic rings. The molecule has 18 heavy (non-hydrogen) atoms. The number of rotatable bonds is 5. The first-order valence-electron chi connectivity index (χ1n) is 6.73. The van der Waals surface area contributed by atoms with E-state index in [9.17, 15) is 4.79 Å². The minimum Gasteiger partial charge on any atom is -0.399 e. The molecule has 2 N–H and O–H groups in total. The Kier molecular flexibility index (Phi) is 2.94. The van der Waals surface area contributed by atoms with Crippen LogP contribution in [0.1, 0.15) is 36.2 Å². The van der Waals surface area contributed by atoms with Crippen molar-refractivity contribution in [1.82, 2.24) is 9.88 Å². The summed E-state index contributed by atoms with van der Waals surface area (Å²) in [5.41, 5.74) is 6.80. The SMILES string of the molecule is Nc1ccnc(C(=O)N(CC2CC2)CC2CC2)c1. The number of nitrogens with two attached hydrogens (primary N) is 1. The average molecular weight is 245 g/mol. The highest BCUT2D eigenvalue weighted by Crippen LogP contribution is 2.34. The summed E-state index contributed by atoms with van der Waals surface area (Å²) in [4.78, 5) is 18.6. The summed E-state index contributed by atoms with van der Waals surface area (Å²) in [7, 11) is 0. The molecule has 2 fully saturated rings. The summed E-state index contributed by atoms with van der Waals surface area (Å²) in [6, 6.07) is 3.39. The second-order valence-corrected chi connectivity index (χ2v) is 5.57. The van der Waals surface area contributed by atoms with Crippen LogP contribution in [0.25, 0.3) is 0 Å². The smallest absolute Gasteiger partial charge is 0.272 e. The lowest BCUT2D eigenvalue weighted by Gasteiger charge is -2.22. The van der Waals surface area contributed by atoms with Crippen LogP contribution in [0, 0.1) is 11.8 Å². The van der Waals surface area contributed by atoms with Crippen molar-refractivity contribution < 1.29 is 4.79 Å². The molecule has 0 bridgehead atoms. The van der Waals surface area contributed by atoms with Crippen molar-refractivity contribution in [1.29, 1.82) is 0 Å². The van der Waals surface area contributed by atoms with E-state index >= 15 is 0 Å². The summed E-state index contributed by atoms with van der Waals surface area (Å²) in [5, 5.41) is 0. The van der Waals surface area contributed by atoms with E-state index in [1.165, 1.54) is 25.7 Å². The predicted octanol–water partition coefficient (Wildman–Crippen LogP) is 1.93. The number of nitrogens with zero attached hydrogens (tertiary/aromatic N) is 2. The second kappa shape index (κ2) is 4.59. The van der Waals surface area contributed by atoms with Gasteiger partial charge in [-0.25, -0.2) is 0 Å². The Hall–Kier alpha value is -1.58. The van der Waals surface area contributed by atoms with Gasteiger partial charge in [-0.3, -0.25) is 9.78 Å². The Balaban J connectivity index is 1.72. The van der Waals surface area contributed by atoms with E-state index < -0.39 is 0 Å². The fraction of sp³-hybridized carbons (Fsp3) is 0.571. The third-order valence-corrected chi connectivity index (χ3v) is 3.64. The summed E-state index contributed by atoms with van der Waals surface area (Å²) in [6.45, 7) is 1.79. The van der Waals surface area contributed by atoms with Crippen LogP contribution < -0.4 is 5.73 Å². The van der Waals surface area contributed by atoms with Crippen LogP contribution in [-0.2, 0) is 0 Å². The minimum atomic E-state index is 0.0427. The number of nitrogen functional groups attached to an aromatic ring is 1. The Morgan fingerprint density at radius 1 is 1.28 bits per heavy atom. The van der Waals surface area contributed by atoms with Crippen LogP contribution in [0.15, 0.2) is 18.3 Å². The van der Waals surface area contributed by atoms with Crippen LogP contribution >= 0.6 is 0 Å². The molecule has 4 nitrogen and oxygen atoms in total. The van der Waals surface area contributed by atoms with Crippen molar-refractivity contribution in [3.8, 4) is 0 Å². The van der Waals surface area contributed by atoms with E-state index in [-0.39, 0.29) is 5.91 Å². The predicted molar refractivity (Wildman–Crippen MR) is 70.0 cm³/mol. The van der Waals surface area contributed by atoms with Gasteiger partial charge in [0, 0.05) is 25.0 Å². The fourth-order valence-corrected chi connectivity index (χ4v) is 2.19. The van der Waals surface area contributed by atoms with Gasteiger partial charge in [-0.05, 0) is 49.7 Å². The van der Waals surface area contributed by atoms with E-state index in [0.29, 0.717) is 23.2 Å². The zero-order valence-corrected chi connectivity index (χ0v) is 10.5. The Bertz CT molecular complexity index is 438. The molecule has 2 aliphatic rings. The van der Waals surface area contributed by atoms with Gasteiger partial charge in [-0.15, -0.1) is 0 Å². The highest BCUT2D eigenvalue weighted by atomic mass is 16.2. The molecule has 0 atom stereocenters. The number of pyridine rings is 1. The average Bonchev–Trinajstić information content (AvgIpc) is 3.22. The molecule has 1 heterocycles.